The van der Waals surface area contributed by atoms with E-state index < -0.39 is 5.97 Å². The number of carbonyl (C=O) groups excluding carboxylic acids is 1. The average molecular weight is 324 g/mol. The summed E-state index contributed by atoms with van der Waals surface area (Å²) in [6, 6.07) is 12.8. The van der Waals surface area contributed by atoms with E-state index >= 15 is 0 Å². The number of ether oxygens (including phenoxy) is 3. The highest BCUT2D eigenvalue weighted by Crippen LogP contribution is 2.32. The van der Waals surface area contributed by atoms with Crippen LogP contribution in [0.15, 0.2) is 42.5 Å². The van der Waals surface area contributed by atoms with Gasteiger partial charge in [-0.2, -0.15) is 0 Å². The summed E-state index contributed by atoms with van der Waals surface area (Å²) in [5.74, 6) is 0.518. The first-order valence-corrected chi connectivity index (χ1v) is 7.25. The molecule has 0 N–H and O–H groups in total. The number of aromatic nitrogens is 2. The van der Waals surface area contributed by atoms with E-state index in [-0.39, 0.29) is 5.69 Å². The number of methoxy groups -OCH3 is 3. The van der Waals surface area contributed by atoms with Crippen LogP contribution in [0.2, 0.25) is 0 Å². The third-order valence-electron chi connectivity index (χ3n) is 3.60. The maximum Gasteiger partial charge on any atom is 0.358 e. The predicted octanol–water partition coefficient (Wildman–Crippen LogP) is 3.10. The van der Waals surface area contributed by atoms with Crippen LogP contribution in [0.4, 0.5) is 0 Å². The van der Waals surface area contributed by atoms with Crippen molar-refractivity contribution in [2.75, 3.05) is 21.3 Å². The topological polar surface area (TPSA) is 70.5 Å². The Hall–Kier alpha value is -3.15. The summed E-state index contributed by atoms with van der Waals surface area (Å²) in [4.78, 5) is 21.2. The van der Waals surface area contributed by atoms with Gasteiger partial charge in [-0.05, 0) is 0 Å². The first kappa shape index (κ1) is 15.7. The largest absolute Gasteiger partial charge is 0.493 e. The number of nitrogens with zero attached hydrogens (tertiary/aromatic N) is 2. The van der Waals surface area contributed by atoms with E-state index in [1.54, 1.807) is 19.2 Å². The molecule has 0 atom stereocenters. The van der Waals surface area contributed by atoms with Crippen LogP contribution in [0, 0.1) is 0 Å². The smallest absolute Gasteiger partial charge is 0.358 e. The van der Waals surface area contributed by atoms with Gasteiger partial charge in [-0.25, -0.2) is 14.8 Å². The minimum atomic E-state index is -0.543. The minimum absolute atomic E-state index is 0.156. The van der Waals surface area contributed by atoms with E-state index in [0.29, 0.717) is 28.2 Å². The molecule has 0 unspecified atom stereocenters. The fraction of sp³-hybridized carbons (Fsp3) is 0.167. The van der Waals surface area contributed by atoms with Crippen molar-refractivity contribution in [2.24, 2.45) is 0 Å². The van der Waals surface area contributed by atoms with Gasteiger partial charge in [-0.15, -0.1) is 0 Å². The van der Waals surface area contributed by atoms with E-state index in [4.69, 9.17) is 14.2 Å². The van der Waals surface area contributed by atoms with E-state index in [1.807, 2.05) is 30.3 Å². The molecule has 1 heterocycles. The van der Waals surface area contributed by atoms with Gasteiger partial charge < -0.3 is 14.2 Å². The van der Waals surface area contributed by atoms with Gasteiger partial charge in [-0.3, -0.25) is 0 Å². The van der Waals surface area contributed by atoms with Gasteiger partial charge in [0.15, 0.2) is 17.2 Å². The maximum atomic E-state index is 12.1. The summed E-state index contributed by atoms with van der Waals surface area (Å²) in [7, 11) is 4.41. The summed E-state index contributed by atoms with van der Waals surface area (Å²) in [6.07, 6.45) is 0. The molecule has 24 heavy (non-hydrogen) atoms. The summed E-state index contributed by atoms with van der Waals surface area (Å²) < 4.78 is 15.4. The zero-order valence-electron chi connectivity index (χ0n) is 13.6. The molecule has 0 bridgehead atoms. The highest BCUT2D eigenvalue weighted by Gasteiger charge is 2.19. The Kier molecular flexibility index (Phi) is 4.29. The lowest BCUT2D eigenvalue weighted by molar-refractivity contribution is 0.0595. The molecular weight excluding hydrogens is 308 g/mol. The maximum absolute atomic E-state index is 12.1. The zero-order valence-corrected chi connectivity index (χ0v) is 13.6. The van der Waals surface area contributed by atoms with Gasteiger partial charge in [0.25, 0.3) is 0 Å². The van der Waals surface area contributed by atoms with Crippen LogP contribution in [0.25, 0.3) is 22.3 Å². The molecule has 1 aromatic heterocycles. The van der Waals surface area contributed by atoms with Gasteiger partial charge in [0, 0.05) is 17.7 Å². The van der Waals surface area contributed by atoms with Crippen molar-refractivity contribution in [2.45, 2.75) is 0 Å². The first-order valence-electron chi connectivity index (χ1n) is 7.25. The summed E-state index contributed by atoms with van der Waals surface area (Å²) in [5.41, 5.74) is 2.51. The van der Waals surface area contributed by atoms with Crippen molar-refractivity contribution in [1.82, 2.24) is 9.97 Å². The zero-order chi connectivity index (χ0) is 17.1. The normalized spacial score (nSPS) is 10.5. The Labute approximate surface area is 139 Å². The quantitative estimate of drug-likeness (QED) is 0.687. The number of carbonyl (C=O) groups is 1. The molecule has 122 valence electrons. The fourth-order valence-corrected chi connectivity index (χ4v) is 2.42. The van der Waals surface area contributed by atoms with Crippen LogP contribution >= 0.6 is 0 Å². The number of benzene rings is 2. The second-order valence-corrected chi connectivity index (χ2v) is 4.97. The Morgan fingerprint density at radius 1 is 0.875 bits per heavy atom. The number of hydrogen-bond donors (Lipinski definition) is 0. The van der Waals surface area contributed by atoms with Gasteiger partial charge in [0.05, 0.1) is 32.4 Å². The number of fused-ring (bicyclic) bond motifs is 1. The third-order valence-corrected chi connectivity index (χ3v) is 3.60. The van der Waals surface area contributed by atoms with Gasteiger partial charge in [0.1, 0.15) is 5.69 Å². The lowest BCUT2D eigenvalue weighted by atomic mass is 10.1. The van der Waals surface area contributed by atoms with Gasteiger partial charge in [-0.1, -0.05) is 30.3 Å². The average Bonchev–Trinajstić information content (AvgIpc) is 2.65. The first-order chi connectivity index (χ1) is 11.7. The summed E-state index contributed by atoms with van der Waals surface area (Å²) in [6.45, 7) is 0. The van der Waals surface area contributed by atoms with Crippen LogP contribution in [0.3, 0.4) is 0 Å². The lowest BCUT2D eigenvalue weighted by Crippen LogP contribution is -2.09. The van der Waals surface area contributed by atoms with E-state index in [1.165, 1.54) is 14.2 Å². The molecule has 0 radical (unpaired) electrons. The third kappa shape index (κ3) is 2.74. The lowest BCUT2D eigenvalue weighted by Gasteiger charge is -2.11. The fourth-order valence-electron chi connectivity index (χ4n) is 2.42. The van der Waals surface area contributed by atoms with Crippen LogP contribution in [-0.4, -0.2) is 37.3 Å². The molecular formula is C18H16N2O4. The number of hydrogen-bond acceptors (Lipinski definition) is 6. The number of rotatable bonds is 4. The van der Waals surface area contributed by atoms with Crippen molar-refractivity contribution >= 4 is 17.0 Å². The van der Waals surface area contributed by atoms with Gasteiger partial charge in [0.2, 0.25) is 0 Å². The van der Waals surface area contributed by atoms with Crippen LogP contribution in [0.1, 0.15) is 10.5 Å². The number of esters is 1. The van der Waals surface area contributed by atoms with E-state index in [2.05, 4.69) is 9.97 Å². The predicted molar refractivity (Wildman–Crippen MR) is 89.4 cm³/mol. The second-order valence-electron chi connectivity index (χ2n) is 4.97. The van der Waals surface area contributed by atoms with Crippen LogP contribution < -0.4 is 9.47 Å². The van der Waals surface area contributed by atoms with Crippen molar-refractivity contribution in [3.8, 4) is 22.8 Å². The molecule has 0 fully saturated rings. The van der Waals surface area contributed by atoms with E-state index in [9.17, 15) is 4.79 Å². The van der Waals surface area contributed by atoms with Crippen molar-refractivity contribution < 1.29 is 19.0 Å². The van der Waals surface area contributed by atoms with Crippen molar-refractivity contribution in [1.29, 1.82) is 0 Å². The van der Waals surface area contributed by atoms with Crippen molar-refractivity contribution in [3.63, 3.8) is 0 Å². The molecule has 0 aliphatic heterocycles. The van der Waals surface area contributed by atoms with Gasteiger partial charge >= 0.3 is 5.97 Å². The van der Waals surface area contributed by atoms with Crippen LogP contribution in [-0.2, 0) is 4.74 Å². The molecule has 6 nitrogen and oxygen atoms in total. The molecule has 0 spiro atoms. The Bertz CT molecular complexity index is 894. The van der Waals surface area contributed by atoms with E-state index in [0.717, 1.165) is 5.56 Å². The standard InChI is InChI=1S/C18H16N2O4/c1-22-14-9-12-13(10-15(14)23-2)20-17(18(21)24-3)16(19-12)11-7-5-4-6-8-11/h4-10H,1-3H3. The minimum Gasteiger partial charge on any atom is -0.493 e. The highest BCUT2D eigenvalue weighted by molar-refractivity contribution is 5.97. The highest BCUT2D eigenvalue weighted by atomic mass is 16.5. The molecule has 3 rings (SSSR count). The molecule has 0 aliphatic carbocycles. The molecule has 0 aliphatic rings. The molecule has 0 saturated heterocycles. The summed E-state index contributed by atoms with van der Waals surface area (Å²) in [5, 5.41) is 0. The monoisotopic (exact) mass is 324 g/mol. The Morgan fingerprint density at radius 3 is 2.00 bits per heavy atom. The second kappa shape index (κ2) is 6.54. The molecule has 0 amide bonds. The molecule has 0 saturated carbocycles. The van der Waals surface area contributed by atoms with Crippen LogP contribution in [0.5, 0.6) is 11.5 Å². The Balaban J connectivity index is 2.30. The molecule has 3 aromatic rings. The Morgan fingerprint density at radius 2 is 1.46 bits per heavy atom. The molecule has 6 heteroatoms. The SMILES string of the molecule is COC(=O)c1nc2cc(OC)c(OC)cc2nc1-c1ccccc1. The molecule has 2 aromatic carbocycles. The van der Waals surface area contributed by atoms with Crippen molar-refractivity contribution in [3.05, 3.63) is 48.2 Å². The summed E-state index contributed by atoms with van der Waals surface area (Å²) >= 11 is 0.